The second-order valence-electron chi connectivity index (χ2n) is 18.1. The zero-order valence-electron chi connectivity index (χ0n) is 38.3. The van der Waals surface area contributed by atoms with Crippen molar-refractivity contribution in [1.82, 2.24) is 0 Å². The van der Waals surface area contributed by atoms with E-state index in [-0.39, 0.29) is 31.1 Å². The van der Waals surface area contributed by atoms with Gasteiger partial charge in [-0.2, -0.15) is 0 Å². The second-order valence-corrected chi connectivity index (χ2v) is 18.1. The van der Waals surface area contributed by atoms with E-state index in [1.54, 1.807) is 0 Å². The second kappa shape index (κ2) is 43.0. The SMILES string of the molecule is CCCCCCCCCCCCCCCC(=O)OC[C@H](COC(=O)CCCCCCCCCCC(C)C)OC(=O)CCCCCCCCCCCCCC(C)C. The van der Waals surface area contributed by atoms with E-state index in [9.17, 15) is 14.4 Å². The number of unbranched alkanes of at least 4 members (excludes halogenated alkanes) is 29. The smallest absolute Gasteiger partial charge is 0.306 e. The Kier molecular flexibility index (Phi) is 41.8. The molecule has 0 unspecified atom stereocenters. The van der Waals surface area contributed by atoms with Gasteiger partial charge in [-0.25, -0.2) is 0 Å². The summed E-state index contributed by atoms with van der Waals surface area (Å²) >= 11 is 0. The highest BCUT2D eigenvalue weighted by Gasteiger charge is 2.19. The van der Waals surface area contributed by atoms with Crippen LogP contribution in [0.5, 0.6) is 0 Å². The molecular formula is C50H96O6. The Morgan fingerprint density at radius 2 is 0.589 bits per heavy atom. The zero-order chi connectivity index (χ0) is 41.2. The normalized spacial score (nSPS) is 12.1. The number of esters is 3. The quantitative estimate of drug-likeness (QED) is 0.0347. The summed E-state index contributed by atoms with van der Waals surface area (Å²) in [4.78, 5) is 37.8. The van der Waals surface area contributed by atoms with Crippen LogP contribution in [-0.2, 0) is 28.6 Å². The molecule has 0 heterocycles. The predicted molar refractivity (Wildman–Crippen MR) is 238 cm³/mol. The molecule has 0 saturated heterocycles. The van der Waals surface area contributed by atoms with Crippen LogP contribution in [0, 0.1) is 11.8 Å². The summed E-state index contributed by atoms with van der Waals surface area (Å²) in [6.07, 6.45) is 42.3. The highest BCUT2D eigenvalue weighted by molar-refractivity contribution is 5.71. The van der Waals surface area contributed by atoms with Crippen LogP contribution in [0.1, 0.15) is 272 Å². The van der Waals surface area contributed by atoms with Gasteiger partial charge in [0.1, 0.15) is 13.2 Å². The Morgan fingerprint density at radius 3 is 0.875 bits per heavy atom. The summed E-state index contributed by atoms with van der Waals surface area (Å²) in [7, 11) is 0. The van der Waals surface area contributed by atoms with Gasteiger partial charge in [0.2, 0.25) is 0 Å². The molecule has 6 heteroatoms. The van der Waals surface area contributed by atoms with Gasteiger partial charge in [0, 0.05) is 19.3 Å². The average Bonchev–Trinajstić information content (AvgIpc) is 3.16. The lowest BCUT2D eigenvalue weighted by Gasteiger charge is -2.18. The van der Waals surface area contributed by atoms with Crippen LogP contribution in [-0.4, -0.2) is 37.2 Å². The lowest BCUT2D eigenvalue weighted by molar-refractivity contribution is -0.167. The molecule has 0 bridgehead atoms. The van der Waals surface area contributed by atoms with Crippen LogP contribution in [0.3, 0.4) is 0 Å². The fraction of sp³-hybridized carbons (Fsp3) is 0.940. The molecule has 0 aliphatic heterocycles. The van der Waals surface area contributed by atoms with E-state index in [1.165, 1.54) is 161 Å². The minimum atomic E-state index is -0.761. The maximum Gasteiger partial charge on any atom is 0.306 e. The van der Waals surface area contributed by atoms with E-state index in [0.717, 1.165) is 69.6 Å². The molecule has 332 valence electrons. The van der Waals surface area contributed by atoms with Gasteiger partial charge in [-0.15, -0.1) is 0 Å². The first kappa shape index (κ1) is 54.4. The molecule has 0 saturated carbocycles. The van der Waals surface area contributed by atoms with Crippen LogP contribution in [0.4, 0.5) is 0 Å². The molecule has 0 radical (unpaired) electrons. The molecule has 0 aromatic heterocycles. The van der Waals surface area contributed by atoms with Crippen molar-refractivity contribution in [3.63, 3.8) is 0 Å². The molecule has 0 aromatic carbocycles. The van der Waals surface area contributed by atoms with Gasteiger partial charge in [-0.3, -0.25) is 14.4 Å². The van der Waals surface area contributed by atoms with Gasteiger partial charge >= 0.3 is 17.9 Å². The van der Waals surface area contributed by atoms with Crippen molar-refractivity contribution in [2.24, 2.45) is 11.8 Å². The first-order valence-corrected chi connectivity index (χ1v) is 24.7. The molecule has 0 rings (SSSR count). The van der Waals surface area contributed by atoms with Crippen molar-refractivity contribution in [3.05, 3.63) is 0 Å². The minimum Gasteiger partial charge on any atom is -0.462 e. The van der Waals surface area contributed by atoms with E-state index < -0.39 is 6.10 Å². The Morgan fingerprint density at radius 1 is 0.339 bits per heavy atom. The molecule has 6 nitrogen and oxygen atoms in total. The number of carbonyl (C=O) groups is 3. The summed E-state index contributed by atoms with van der Waals surface area (Å²) < 4.78 is 16.8. The Balaban J connectivity index is 4.33. The molecule has 0 fully saturated rings. The molecule has 0 aliphatic carbocycles. The van der Waals surface area contributed by atoms with Crippen molar-refractivity contribution in [2.75, 3.05) is 13.2 Å². The zero-order valence-corrected chi connectivity index (χ0v) is 38.3. The maximum absolute atomic E-state index is 12.8. The molecular weight excluding hydrogens is 697 g/mol. The van der Waals surface area contributed by atoms with Crippen LogP contribution >= 0.6 is 0 Å². The molecule has 1 atom stereocenters. The number of carbonyl (C=O) groups excluding carboxylic acids is 3. The number of ether oxygens (including phenoxy) is 3. The average molecular weight is 793 g/mol. The van der Waals surface area contributed by atoms with Gasteiger partial charge < -0.3 is 14.2 Å². The fourth-order valence-corrected chi connectivity index (χ4v) is 7.46. The first-order valence-electron chi connectivity index (χ1n) is 24.7. The predicted octanol–water partition coefficient (Wildman–Crippen LogP) is 15.8. The van der Waals surface area contributed by atoms with Crippen molar-refractivity contribution in [1.29, 1.82) is 0 Å². The van der Waals surface area contributed by atoms with Crippen LogP contribution in [0.25, 0.3) is 0 Å². The molecule has 0 N–H and O–H groups in total. The van der Waals surface area contributed by atoms with Gasteiger partial charge in [0.15, 0.2) is 6.10 Å². The lowest BCUT2D eigenvalue weighted by atomic mass is 10.0. The molecule has 56 heavy (non-hydrogen) atoms. The van der Waals surface area contributed by atoms with E-state index in [0.29, 0.717) is 19.3 Å². The van der Waals surface area contributed by atoms with Gasteiger partial charge in [0.05, 0.1) is 0 Å². The standard InChI is InChI=1S/C50H96O6/c1-6-7-8-9-10-11-12-13-16-19-25-30-35-40-48(51)54-43-47(44-55-49(52)41-36-31-26-22-21-24-29-34-39-46(4)5)56-50(53)42-37-32-27-20-17-14-15-18-23-28-33-38-45(2)3/h45-47H,6-44H2,1-5H3/t47-/m1/s1. The van der Waals surface area contributed by atoms with E-state index in [4.69, 9.17) is 14.2 Å². The van der Waals surface area contributed by atoms with E-state index in [2.05, 4.69) is 34.6 Å². The third kappa shape index (κ3) is 43.5. The molecule has 0 amide bonds. The number of hydrogen-bond donors (Lipinski definition) is 0. The third-order valence-electron chi connectivity index (χ3n) is 11.2. The van der Waals surface area contributed by atoms with Crippen molar-refractivity contribution in [3.8, 4) is 0 Å². The topological polar surface area (TPSA) is 78.9 Å². The third-order valence-corrected chi connectivity index (χ3v) is 11.2. The summed E-state index contributed by atoms with van der Waals surface area (Å²) in [5, 5.41) is 0. The highest BCUT2D eigenvalue weighted by atomic mass is 16.6. The molecule has 0 aromatic rings. The monoisotopic (exact) mass is 793 g/mol. The lowest BCUT2D eigenvalue weighted by Crippen LogP contribution is -2.30. The van der Waals surface area contributed by atoms with Crippen LogP contribution in [0.2, 0.25) is 0 Å². The summed E-state index contributed by atoms with van der Waals surface area (Å²) in [6.45, 7) is 11.3. The minimum absolute atomic E-state index is 0.0643. The molecule has 0 spiro atoms. The van der Waals surface area contributed by atoms with Crippen molar-refractivity contribution < 1.29 is 28.6 Å². The number of hydrogen-bond acceptors (Lipinski definition) is 6. The van der Waals surface area contributed by atoms with Gasteiger partial charge in [0.25, 0.3) is 0 Å². The Labute approximate surface area is 348 Å². The maximum atomic E-state index is 12.8. The number of rotatable bonds is 44. The van der Waals surface area contributed by atoms with Crippen LogP contribution < -0.4 is 0 Å². The van der Waals surface area contributed by atoms with E-state index >= 15 is 0 Å². The summed E-state index contributed by atoms with van der Waals surface area (Å²) in [5.74, 6) is 0.768. The highest BCUT2D eigenvalue weighted by Crippen LogP contribution is 2.17. The fourth-order valence-electron chi connectivity index (χ4n) is 7.46. The van der Waals surface area contributed by atoms with Gasteiger partial charge in [-0.05, 0) is 31.1 Å². The van der Waals surface area contributed by atoms with Crippen LogP contribution in [0.15, 0.2) is 0 Å². The first-order chi connectivity index (χ1) is 27.2. The summed E-state index contributed by atoms with van der Waals surface area (Å²) in [5.41, 5.74) is 0. The Bertz CT molecular complexity index is 854. The van der Waals surface area contributed by atoms with Crippen molar-refractivity contribution in [2.45, 2.75) is 278 Å². The summed E-state index contributed by atoms with van der Waals surface area (Å²) in [6, 6.07) is 0. The van der Waals surface area contributed by atoms with E-state index in [1.807, 2.05) is 0 Å². The Hall–Kier alpha value is -1.59. The van der Waals surface area contributed by atoms with Gasteiger partial charge in [-0.1, -0.05) is 234 Å². The van der Waals surface area contributed by atoms with Crippen molar-refractivity contribution >= 4 is 17.9 Å². The largest absolute Gasteiger partial charge is 0.462 e. The molecule has 0 aliphatic rings.